The fraction of sp³-hybridized carbons (Fsp3) is 0.143. The average Bonchev–Trinajstić information content (AvgIpc) is 2.38. The van der Waals surface area contributed by atoms with Gasteiger partial charge in [0.15, 0.2) is 0 Å². The Labute approximate surface area is 102 Å². The number of rotatable bonds is 4. The first-order valence-electron chi connectivity index (χ1n) is 5.63. The van der Waals surface area contributed by atoms with Gasteiger partial charge in [-0.05, 0) is 5.75 Å². The maximum Gasteiger partial charge on any atom is 0.274 e. The summed E-state index contributed by atoms with van der Waals surface area (Å²) >= 11 is 1.98. The van der Waals surface area contributed by atoms with E-state index in [1.54, 1.807) is 0 Å². The van der Waals surface area contributed by atoms with Crippen molar-refractivity contribution in [3.8, 4) is 0 Å². The van der Waals surface area contributed by atoms with Gasteiger partial charge < -0.3 is 0 Å². The van der Waals surface area contributed by atoms with Crippen molar-refractivity contribution in [2.75, 3.05) is 5.75 Å². The fourth-order valence-electron chi connectivity index (χ4n) is 1.81. The molecule has 0 aromatic heterocycles. The highest BCUT2D eigenvalue weighted by Gasteiger charge is 2.17. The second-order valence-corrected chi connectivity index (χ2v) is 5.04. The van der Waals surface area contributed by atoms with Gasteiger partial charge in [0.25, 0.3) is 5.99 Å². The third kappa shape index (κ3) is 2.70. The lowest BCUT2D eigenvalue weighted by Gasteiger charge is -2.12. The van der Waals surface area contributed by atoms with Crippen LogP contribution in [0.1, 0.15) is 6.92 Å². The maximum atomic E-state index is 2.21. The smallest absolute Gasteiger partial charge is 0.197 e. The van der Waals surface area contributed by atoms with Gasteiger partial charge in [0, 0.05) is 0 Å². The summed E-state index contributed by atoms with van der Waals surface area (Å²) in [5.74, 6) is 1.60. The molecule has 2 aromatic rings. The Kier molecular flexibility index (Phi) is 4.12. The van der Waals surface area contributed by atoms with Crippen LogP contribution in [-0.4, -0.2) is 11.7 Å². The van der Waals surface area contributed by atoms with E-state index in [2.05, 4.69) is 67.6 Å². The largest absolute Gasteiger partial charge is 0.274 e. The van der Waals surface area contributed by atoms with Crippen LogP contribution in [0.2, 0.25) is 0 Å². The molecule has 0 heterocycles. The van der Waals surface area contributed by atoms with E-state index in [4.69, 9.17) is 0 Å². The molecule has 0 fully saturated rings. The normalized spacial score (nSPS) is 10.1. The first kappa shape index (κ1) is 11.3. The summed E-state index contributed by atoms with van der Waals surface area (Å²) in [4.78, 5) is 0. The van der Waals surface area contributed by atoms with Crippen LogP contribution in [0.5, 0.6) is 0 Å². The minimum absolute atomic E-state index is 0.465. The highest BCUT2D eigenvalue weighted by molar-refractivity contribution is 8.28. The van der Waals surface area contributed by atoms with Gasteiger partial charge in [-0.2, -0.15) is 11.6 Å². The predicted molar refractivity (Wildman–Crippen MR) is 76.0 cm³/mol. The molecular formula is C14H15BS. The van der Waals surface area contributed by atoms with E-state index < -0.39 is 0 Å². The van der Waals surface area contributed by atoms with Gasteiger partial charge in [-0.3, -0.25) is 0 Å². The topological polar surface area (TPSA) is 0 Å². The van der Waals surface area contributed by atoms with Crippen LogP contribution in [-0.2, 0) is 0 Å². The Morgan fingerprint density at radius 3 is 1.62 bits per heavy atom. The van der Waals surface area contributed by atoms with E-state index in [1.165, 1.54) is 10.9 Å². The van der Waals surface area contributed by atoms with Crippen molar-refractivity contribution in [2.45, 2.75) is 6.92 Å². The molecule has 0 N–H and O–H groups in total. The van der Waals surface area contributed by atoms with E-state index in [0.29, 0.717) is 5.99 Å². The molecular weight excluding hydrogens is 211 g/mol. The van der Waals surface area contributed by atoms with Crippen LogP contribution in [0, 0.1) is 0 Å². The highest BCUT2D eigenvalue weighted by atomic mass is 32.2. The summed E-state index contributed by atoms with van der Waals surface area (Å²) in [6.07, 6.45) is 0. The van der Waals surface area contributed by atoms with Crippen molar-refractivity contribution in [3.63, 3.8) is 0 Å². The molecule has 0 aliphatic rings. The molecule has 0 saturated heterocycles. The van der Waals surface area contributed by atoms with Crippen molar-refractivity contribution in [1.29, 1.82) is 0 Å². The Balaban J connectivity index is 2.31. The Morgan fingerprint density at radius 2 is 1.25 bits per heavy atom. The number of hydrogen-bond donors (Lipinski definition) is 0. The molecule has 16 heavy (non-hydrogen) atoms. The third-order valence-corrected chi connectivity index (χ3v) is 3.75. The van der Waals surface area contributed by atoms with Crippen LogP contribution in [0.3, 0.4) is 0 Å². The maximum absolute atomic E-state index is 2.21. The van der Waals surface area contributed by atoms with E-state index >= 15 is 0 Å². The molecule has 0 nitrogen and oxygen atoms in total. The molecule has 0 aliphatic heterocycles. The molecule has 0 saturated carbocycles. The zero-order chi connectivity index (χ0) is 11.2. The molecule has 0 unspecified atom stereocenters. The zero-order valence-corrected chi connectivity index (χ0v) is 10.3. The van der Waals surface area contributed by atoms with E-state index in [-0.39, 0.29) is 0 Å². The van der Waals surface area contributed by atoms with Gasteiger partial charge in [0.2, 0.25) is 0 Å². The first-order valence-corrected chi connectivity index (χ1v) is 6.68. The summed E-state index contributed by atoms with van der Waals surface area (Å²) in [6, 6.07) is 21.4. The minimum Gasteiger partial charge on any atom is -0.197 e. The second-order valence-electron chi connectivity index (χ2n) is 3.66. The van der Waals surface area contributed by atoms with Crippen molar-refractivity contribution >= 4 is 28.5 Å². The Bertz CT molecular complexity index is 374. The zero-order valence-electron chi connectivity index (χ0n) is 9.47. The molecule has 80 valence electrons. The number of benzene rings is 2. The van der Waals surface area contributed by atoms with Crippen molar-refractivity contribution in [2.24, 2.45) is 0 Å². The van der Waals surface area contributed by atoms with Gasteiger partial charge in [0.05, 0.1) is 0 Å². The van der Waals surface area contributed by atoms with Crippen LogP contribution in [0.4, 0.5) is 0 Å². The lowest BCUT2D eigenvalue weighted by molar-refractivity contribution is 1.54. The molecule has 0 radical (unpaired) electrons. The van der Waals surface area contributed by atoms with E-state index in [1.807, 2.05) is 11.6 Å². The monoisotopic (exact) mass is 226 g/mol. The van der Waals surface area contributed by atoms with Gasteiger partial charge in [-0.15, -0.1) is 0 Å². The van der Waals surface area contributed by atoms with E-state index in [0.717, 1.165) is 5.75 Å². The van der Waals surface area contributed by atoms with Gasteiger partial charge >= 0.3 is 0 Å². The fourth-order valence-corrected chi connectivity index (χ4v) is 2.84. The molecule has 0 bridgehead atoms. The number of hydrogen-bond acceptors (Lipinski definition) is 1. The van der Waals surface area contributed by atoms with Gasteiger partial charge in [-0.25, -0.2) is 0 Å². The lowest BCUT2D eigenvalue weighted by Crippen LogP contribution is -2.39. The summed E-state index contributed by atoms with van der Waals surface area (Å²) in [6.45, 7) is 2.21. The SMILES string of the molecule is CCSB(c1ccccc1)c1ccccc1. The standard InChI is InChI=1S/C14H15BS/c1-2-16-15(13-9-5-3-6-10-13)14-11-7-4-8-12-14/h3-12H,2H2,1H3. The summed E-state index contributed by atoms with van der Waals surface area (Å²) < 4.78 is 0. The Morgan fingerprint density at radius 1 is 0.812 bits per heavy atom. The summed E-state index contributed by atoms with van der Waals surface area (Å²) in [5, 5.41) is 0. The summed E-state index contributed by atoms with van der Waals surface area (Å²) in [7, 11) is 0. The quantitative estimate of drug-likeness (QED) is 0.722. The molecule has 0 spiro atoms. The van der Waals surface area contributed by atoms with Crippen LogP contribution < -0.4 is 10.9 Å². The van der Waals surface area contributed by atoms with Gasteiger partial charge in [0.1, 0.15) is 0 Å². The molecule has 2 rings (SSSR count). The van der Waals surface area contributed by atoms with E-state index in [9.17, 15) is 0 Å². The second kappa shape index (κ2) is 5.81. The van der Waals surface area contributed by atoms with Crippen molar-refractivity contribution in [1.82, 2.24) is 0 Å². The molecule has 2 heteroatoms. The third-order valence-electron chi connectivity index (χ3n) is 2.54. The van der Waals surface area contributed by atoms with Crippen LogP contribution >= 0.6 is 11.6 Å². The van der Waals surface area contributed by atoms with Crippen molar-refractivity contribution < 1.29 is 0 Å². The van der Waals surface area contributed by atoms with Crippen molar-refractivity contribution in [3.05, 3.63) is 60.7 Å². The highest BCUT2D eigenvalue weighted by Crippen LogP contribution is 2.07. The molecule has 0 atom stereocenters. The molecule has 0 aliphatic carbocycles. The lowest BCUT2D eigenvalue weighted by atomic mass is 9.62. The Hall–Kier alpha value is -1.15. The summed E-state index contributed by atoms with van der Waals surface area (Å²) in [5.41, 5.74) is 2.78. The minimum atomic E-state index is 0.465. The van der Waals surface area contributed by atoms with Crippen LogP contribution in [0.25, 0.3) is 0 Å². The molecule has 0 amide bonds. The average molecular weight is 226 g/mol. The molecule has 2 aromatic carbocycles. The van der Waals surface area contributed by atoms with Crippen LogP contribution in [0.15, 0.2) is 60.7 Å². The predicted octanol–water partition coefficient (Wildman–Crippen LogP) is 2.55. The van der Waals surface area contributed by atoms with Gasteiger partial charge in [-0.1, -0.05) is 78.5 Å². The first-order chi connectivity index (χ1) is 7.92.